The van der Waals surface area contributed by atoms with Gasteiger partial charge in [-0.25, -0.2) is 9.97 Å². The van der Waals surface area contributed by atoms with Crippen LogP contribution in [0.1, 0.15) is 0 Å². The van der Waals surface area contributed by atoms with Crippen LogP contribution in [-0.2, 0) is 0 Å². The fourth-order valence-corrected chi connectivity index (χ4v) is 9.89. The largest absolute Gasteiger partial charge is 0.292 e. The Morgan fingerprint density at radius 2 is 0.783 bits per heavy atom. The van der Waals surface area contributed by atoms with Crippen molar-refractivity contribution in [3.8, 4) is 45.3 Å². The molecule has 0 saturated carbocycles. The van der Waals surface area contributed by atoms with Crippen molar-refractivity contribution in [3.05, 3.63) is 206 Å². The molecule has 0 aliphatic heterocycles. The molecule has 60 heavy (non-hydrogen) atoms. The molecule has 0 fully saturated rings. The van der Waals surface area contributed by atoms with Gasteiger partial charge in [-0.3, -0.25) is 9.13 Å². The van der Waals surface area contributed by atoms with E-state index in [0.29, 0.717) is 0 Å². The Balaban J connectivity index is 1.23. The van der Waals surface area contributed by atoms with Crippen molar-refractivity contribution in [2.45, 2.75) is 0 Å². The predicted molar refractivity (Wildman–Crippen MR) is 251 cm³/mol. The van der Waals surface area contributed by atoms with Crippen molar-refractivity contribution in [2.24, 2.45) is 0 Å². The van der Waals surface area contributed by atoms with Crippen molar-refractivity contribution >= 4 is 75.9 Å². The standard InChI is InChI=1S/C56H34N4/c1-3-15-37(16-4-1)55-57-46-25-7-9-27-50(46)59(55)48-29-13-23-40-43(48)34-44-41(54(40)45-33-39-21-11-19-35-31-32-36-20-12-22-42(45)53(36)52(35)39)24-14-30-49(44)60-51-28-10-8-26-47(51)58-56(60)38-17-5-2-6-18-38/h1-34H. The minimum atomic E-state index is 0.911. The highest BCUT2D eigenvalue weighted by atomic mass is 15.1. The summed E-state index contributed by atoms with van der Waals surface area (Å²) in [7, 11) is 0. The zero-order valence-corrected chi connectivity index (χ0v) is 32.4. The number of imidazole rings is 2. The molecule has 0 N–H and O–H groups in total. The molecule has 278 valence electrons. The molecule has 0 spiro atoms. The van der Waals surface area contributed by atoms with Gasteiger partial charge in [0, 0.05) is 21.9 Å². The van der Waals surface area contributed by atoms with E-state index in [4.69, 9.17) is 9.97 Å². The van der Waals surface area contributed by atoms with Crippen LogP contribution < -0.4 is 0 Å². The van der Waals surface area contributed by atoms with Gasteiger partial charge in [-0.1, -0.05) is 158 Å². The lowest BCUT2D eigenvalue weighted by Crippen LogP contribution is -2.02. The maximum absolute atomic E-state index is 5.29. The second-order valence-corrected chi connectivity index (χ2v) is 15.7. The lowest BCUT2D eigenvalue weighted by atomic mass is 9.85. The first-order chi connectivity index (χ1) is 29.8. The molecule has 0 aliphatic carbocycles. The van der Waals surface area contributed by atoms with Gasteiger partial charge >= 0.3 is 0 Å². The van der Waals surface area contributed by atoms with Gasteiger partial charge in [-0.05, 0) is 103 Å². The fraction of sp³-hybridized carbons (Fsp3) is 0. The van der Waals surface area contributed by atoms with Gasteiger partial charge in [0.15, 0.2) is 0 Å². The summed E-state index contributed by atoms with van der Waals surface area (Å²) in [6, 6.07) is 74.5. The summed E-state index contributed by atoms with van der Waals surface area (Å²) in [6.07, 6.45) is 0. The van der Waals surface area contributed by atoms with E-state index in [1.54, 1.807) is 0 Å². The average Bonchev–Trinajstić information content (AvgIpc) is 3.90. The normalized spacial score (nSPS) is 12.0. The molecule has 13 aromatic rings. The summed E-state index contributed by atoms with van der Waals surface area (Å²) in [6.45, 7) is 0. The Morgan fingerprint density at radius 3 is 1.37 bits per heavy atom. The van der Waals surface area contributed by atoms with Crippen molar-refractivity contribution in [1.29, 1.82) is 0 Å². The van der Waals surface area contributed by atoms with E-state index < -0.39 is 0 Å². The van der Waals surface area contributed by atoms with Gasteiger partial charge in [-0.2, -0.15) is 0 Å². The maximum Gasteiger partial charge on any atom is 0.145 e. The molecule has 0 amide bonds. The van der Waals surface area contributed by atoms with Gasteiger partial charge in [0.1, 0.15) is 11.6 Å². The smallest absolute Gasteiger partial charge is 0.145 e. The molecule has 0 aliphatic rings. The molecule has 2 aromatic heterocycles. The Morgan fingerprint density at radius 1 is 0.317 bits per heavy atom. The van der Waals surface area contributed by atoms with Gasteiger partial charge in [0.25, 0.3) is 0 Å². The van der Waals surface area contributed by atoms with Crippen molar-refractivity contribution in [1.82, 2.24) is 19.1 Å². The zero-order valence-electron chi connectivity index (χ0n) is 32.4. The molecular weight excluding hydrogens is 729 g/mol. The van der Waals surface area contributed by atoms with Crippen molar-refractivity contribution in [2.75, 3.05) is 0 Å². The second kappa shape index (κ2) is 12.7. The van der Waals surface area contributed by atoms with Crippen LogP contribution in [0.5, 0.6) is 0 Å². The van der Waals surface area contributed by atoms with Crippen LogP contribution in [0.15, 0.2) is 206 Å². The molecule has 0 saturated heterocycles. The zero-order chi connectivity index (χ0) is 39.3. The van der Waals surface area contributed by atoms with E-state index in [2.05, 4.69) is 215 Å². The van der Waals surface area contributed by atoms with Gasteiger partial charge in [0.2, 0.25) is 0 Å². The lowest BCUT2D eigenvalue weighted by Gasteiger charge is -2.21. The Labute approximate surface area is 345 Å². The predicted octanol–water partition coefficient (Wildman–Crippen LogP) is 14.6. The fourth-order valence-electron chi connectivity index (χ4n) is 9.89. The number of aromatic nitrogens is 4. The van der Waals surface area contributed by atoms with Crippen LogP contribution in [0.4, 0.5) is 0 Å². The van der Waals surface area contributed by atoms with E-state index in [1.165, 1.54) is 54.2 Å². The summed E-state index contributed by atoms with van der Waals surface area (Å²) in [5.74, 6) is 1.82. The second-order valence-electron chi connectivity index (χ2n) is 15.7. The van der Waals surface area contributed by atoms with Gasteiger partial charge in [0.05, 0.1) is 33.4 Å². The van der Waals surface area contributed by atoms with Crippen LogP contribution >= 0.6 is 0 Å². The number of hydrogen-bond donors (Lipinski definition) is 0. The molecule has 4 heteroatoms. The van der Waals surface area contributed by atoms with Gasteiger partial charge in [-0.15, -0.1) is 0 Å². The van der Waals surface area contributed by atoms with E-state index in [0.717, 1.165) is 67.0 Å². The summed E-state index contributed by atoms with van der Waals surface area (Å²) in [5.41, 5.74) is 10.8. The quantitative estimate of drug-likeness (QED) is 0.129. The van der Waals surface area contributed by atoms with Crippen LogP contribution in [0, 0.1) is 0 Å². The van der Waals surface area contributed by atoms with Crippen molar-refractivity contribution in [3.63, 3.8) is 0 Å². The highest BCUT2D eigenvalue weighted by Crippen LogP contribution is 2.47. The minimum Gasteiger partial charge on any atom is -0.292 e. The first kappa shape index (κ1) is 32.9. The highest BCUT2D eigenvalue weighted by Gasteiger charge is 2.23. The molecule has 0 bridgehead atoms. The van der Waals surface area contributed by atoms with Crippen LogP contribution in [0.2, 0.25) is 0 Å². The number of fused-ring (bicyclic) bond motifs is 4. The van der Waals surface area contributed by atoms with Crippen molar-refractivity contribution < 1.29 is 0 Å². The molecule has 0 radical (unpaired) electrons. The number of nitrogens with zero attached hydrogens (tertiary/aromatic N) is 4. The van der Waals surface area contributed by atoms with Crippen LogP contribution in [0.25, 0.3) is 121 Å². The molecule has 2 heterocycles. The summed E-state index contributed by atoms with van der Waals surface area (Å²) < 4.78 is 4.72. The third-order valence-corrected chi connectivity index (χ3v) is 12.4. The number of para-hydroxylation sites is 4. The minimum absolute atomic E-state index is 0.911. The van der Waals surface area contributed by atoms with Gasteiger partial charge < -0.3 is 0 Å². The summed E-state index contributed by atoms with van der Waals surface area (Å²) >= 11 is 0. The molecule has 13 rings (SSSR count). The first-order valence-electron chi connectivity index (χ1n) is 20.5. The third-order valence-electron chi connectivity index (χ3n) is 12.4. The average molecular weight is 763 g/mol. The van der Waals surface area contributed by atoms with Crippen LogP contribution in [-0.4, -0.2) is 19.1 Å². The Bertz CT molecular complexity index is 3650. The van der Waals surface area contributed by atoms with E-state index in [1.807, 2.05) is 0 Å². The van der Waals surface area contributed by atoms with Crippen LogP contribution in [0.3, 0.4) is 0 Å². The van der Waals surface area contributed by atoms with E-state index in [9.17, 15) is 0 Å². The van der Waals surface area contributed by atoms with E-state index in [-0.39, 0.29) is 0 Å². The van der Waals surface area contributed by atoms with E-state index >= 15 is 0 Å². The Hall–Kier alpha value is -8.08. The molecular formula is C56H34N4. The number of benzene rings is 11. The topological polar surface area (TPSA) is 35.6 Å². The SMILES string of the molecule is c1ccc(-c2nc3ccccc3n2-c2cccc3c(-c4cc5cccc6ccc7cccc4c7c65)c4cccc(-n5c(-c6ccccc6)nc6ccccc65)c4cc23)cc1. The molecule has 0 atom stereocenters. The molecule has 4 nitrogen and oxygen atoms in total. The lowest BCUT2D eigenvalue weighted by molar-refractivity contribution is 1.11. The third kappa shape index (κ3) is 4.73. The number of hydrogen-bond acceptors (Lipinski definition) is 2. The number of rotatable bonds is 5. The molecule has 0 unspecified atom stereocenters. The monoisotopic (exact) mass is 762 g/mol. The summed E-state index contributed by atoms with van der Waals surface area (Å²) in [5, 5.41) is 12.3. The maximum atomic E-state index is 5.29. The first-order valence-corrected chi connectivity index (χ1v) is 20.5. The highest BCUT2D eigenvalue weighted by molar-refractivity contribution is 6.29. The molecule has 11 aromatic carbocycles. The summed E-state index contributed by atoms with van der Waals surface area (Å²) in [4.78, 5) is 10.6. The Kier molecular flexibility index (Phi) is 6.98.